The van der Waals surface area contributed by atoms with Gasteiger partial charge in [0.1, 0.15) is 0 Å². The molecular weight excluding hydrogens is 206 g/mol. The van der Waals surface area contributed by atoms with Crippen LogP contribution in [-0.4, -0.2) is 24.8 Å². The SMILES string of the molecule is C=C(F)C1(OC2(C(=C)F)CCO2)CCO1. The number of halogens is 2. The highest BCUT2D eigenvalue weighted by atomic mass is 19.1. The first-order valence-corrected chi connectivity index (χ1v) is 4.69. The van der Waals surface area contributed by atoms with Crippen LogP contribution in [0, 0.1) is 0 Å². The first-order valence-electron chi connectivity index (χ1n) is 4.69. The van der Waals surface area contributed by atoms with E-state index in [4.69, 9.17) is 14.2 Å². The molecule has 2 aliphatic rings. The van der Waals surface area contributed by atoms with Gasteiger partial charge >= 0.3 is 0 Å². The standard InChI is InChI=1S/C10H12F2O3/c1-7(11)9(3-5-13-9)15-10(8(2)12)4-6-14-10/h1-6H2. The van der Waals surface area contributed by atoms with E-state index in [9.17, 15) is 8.78 Å². The van der Waals surface area contributed by atoms with Gasteiger partial charge < -0.3 is 14.2 Å². The lowest BCUT2D eigenvalue weighted by atomic mass is 10.0. The second-order valence-electron chi connectivity index (χ2n) is 3.61. The first-order chi connectivity index (χ1) is 7.01. The van der Waals surface area contributed by atoms with E-state index >= 15 is 0 Å². The van der Waals surface area contributed by atoms with Crippen molar-refractivity contribution in [3.8, 4) is 0 Å². The molecule has 0 radical (unpaired) electrons. The Hall–Kier alpha value is -0.780. The zero-order chi connectivity index (χ0) is 11.1. The van der Waals surface area contributed by atoms with E-state index in [1.807, 2.05) is 0 Å². The van der Waals surface area contributed by atoms with Crippen LogP contribution in [0.15, 0.2) is 24.8 Å². The second-order valence-corrected chi connectivity index (χ2v) is 3.61. The van der Waals surface area contributed by atoms with Crippen molar-refractivity contribution in [1.82, 2.24) is 0 Å². The van der Waals surface area contributed by atoms with Gasteiger partial charge in [0.25, 0.3) is 0 Å². The van der Waals surface area contributed by atoms with Crippen LogP contribution in [0.3, 0.4) is 0 Å². The molecule has 2 saturated heterocycles. The van der Waals surface area contributed by atoms with Gasteiger partial charge in [0.05, 0.1) is 13.2 Å². The van der Waals surface area contributed by atoms with Gasteiger partial charge in [-0.3, -0.25) is 0 Å². The third kappa shape index (κ3) is 1.51. The van der Waals surface area contributed by atoms with Gasteiger partial charge in [-0.15, -0.1) is 0 Å². The predicted molar refractivity (Wildman–Crippen MR) is 48.2 cm³/mol. The summed E-state index contributed by atoms with van der Waals surface area (Å²) in [6.07, 6.45) is 0.613. The minimum absolute atomic E-state index is 0.306. The molecular formula is C10H12F2O3. The van der Waals surface area contributed by atoms with Crippen LogP contribution in [-0.2, 0) is 14.2 Å². The lowest BCUT2D eigenvalue weighted by Crippen LogP contribution is -2.58. The third-order valence-corrected chi connectivity index (χ3v) is 2.69. The van der Waals surface area contributed by atoms with E-state index < -0.39 is 23.2 Å². The molecule has 0 aromatic heterocycles. The maximum atomic E-state index is 13.1. The molecule has 5 heteroatoms. The molecule has 0 aromatic carbocycles. The Morgan fingerprint density at radius 3 is 1.47 bits per heavy atom. The lowest BCUT2D eigenvalue weighted by molar-refractivity contribution is -0.410. The Balaban J connectivity index is 2.12. The summed E-state index contributed by atoms with van der Waals surface area (Å²) >= 11 is 0. The van der Waals surface area contributed by atoms with Crippen molar-refractivity contribution in [2.75, 3.05) is 13.2 Å². The Morgan fingerprint density at radius 1 is 1.00 bits per heavy atom. The van der Waals surface area contributed by atoms with Crippen LogP contribution in [0.5, 0.6) is 0 Å². The summed E-state index contributed by atoms with van der Waals surface area (Å²) in [6.45, 7) is 6.97. The highest BCUT2D eigenvalue weighted by Crippen LogP contribution is 2.45. The molecule has 3 nitrogen and oxygen atoms in total. The van der Waals surface area contributed by atoms with Crippen molar-refractivity contribution in [2.45, 2.75) is 24.4 Å². The first kappa shape index (κ1) is 10.7. The average molecular weight is 218 g/mol. The fourth-order valence-corrected chi connectivity index (χ4v) is 1.54. The van der Waals surface area contributed by atoms with Crippen molar-refractivity contribution in [1.29, 1.82) is 0 Å². The molecule has 2 atom stereocenters. The molecule has 84 valence electrons. The Labute approximate surface area is 86.3 Å². The lowest BCUT2D eigenvalue weighted by Gasteiger charge is -2.49. The highest BCUT2D eigenvalue weighted by molar-refractivity contribution is 5.10. The van der Waals surface area contributed by atoms with E-state index in [0.29, 0.717) is 26.1 Å². The minimum atomic E-state index is -1.55. The molecule has 0 amide bonds. The Morgan fingerprint density at radius 2 is 1.33 bits per heavy atom. The maximum absolute atomic E-state index is 13.1. The monoisotopic (exact) mass is 218 g/mol. The van der Waals surface area contributed by atoms with Crippen LogP contribution in [0.4, 0.5) is 8.78 Å². The van der Waals surface area contributed by atoms with Gasteiger partial charge in [0.2, 0.25) is 11.6 Å². The van der Waals surface area contributed by atoms with Crippen LogP contribution in [0.25, 0.3) is 0 Å². The summed E-state index contributed by atoms with van der Waals surface area (Å²) in [5, 5.41) is 0. The molecule has 2 rings (SSSR count). The van der Waals surface area contributed by atoms with Crippen molar-refractivity contribution >= 4 is 0 Å². The molecule has 2 aliphatic heterocycles. The minimum Gasteiger partial charge on any atom is -0.344 e. The summed E-state index contributed by atoms with van der Waals surface area (Å²) < 4.78 is 41.4. The smallest absolute Gasteiger partial charge is 0.226 e. The number of ether oxygens (including phenoxy) is 3. The summed E-state index contributed by atoms with van der Waals surface area (Å²) in [6, 6.07) is 0. The average Bonchev–Trinajstić information content (AvgIpc) is 1.98. The van der Waals surface area contributed by atoms with Gasteiger partial charge in [-0.1, -0.05) is 13.2 Å². The molecule has 0 aromatic rings. The topological polar surface area (TPSA) is 27.7 Å². The summed E-state index contributed by atoms with van der Waals surface area (Å²) in [4.78, 5) is 0. The molecule has 15 heavy (non-hydrogen) atoms. The summed E-state index contributed by atoms with van der Waals surface area (Å²) in [5.74, 6) is -4.64. The highest BCUT2D eigenvalue weighted by Gasteiger charge is 2.55. The van der Waals surface area contributed by atoms with E-state index in [2.05, 4.69) is 13.2 Å². The fraction of sp³-hybridized carbons (Fsp3) is 0.600. The molecule has 0 N–H and O–H groups in total. The van der Waals surface area contributed by atoms with E-state index in [-0.39, 0.29) is 0 Å². The van der Waals surface area contributed by atoms with Crippen LogP contribution >= 0.6 is 0 Å². The van der Waals surface area contributed by atoms with E-state index in [1.165, 1.54) is 0 Å². The molecule has 2 unspecified atom stereocenters. The van der Waals surface area contributed by atoms with Crippen molar-refractivity contribution in [3.05, 3.63) is 24.8 Å². The second kappa shape index (κ2) is 3.37. The van der Waals surface area contributed by atoms with Crippen molar-refractivity contribution < 1.29 is 23.0 Å². The normalized spacial score (nSPS) is 39.1. The van der Waals surface area contributed by atoms with Gasteiger partial charge in [0, 0.05) is 12.8 Å². The van der Waals surface area contributed by atoms with Crippen molar-refractivity contribution in [3.63, 3.8) is 0 Å². The van der Waals surface area contributed by atoms with E-state index in [0.717, 1.165) is 0 Å². The zero-order valence-electron chi connectivity index (χ0n) is 8.22. The predicted octanol–water partition coefficient (Wildman–Crippen LogP) is 2.20. The molecule has 0 bridgehead atoms. The molecule has 0 saturated carbocycles. The maximum Gasteiger partial charge on any atom is 0.226 e. The Kier molecular flexibility index (Phi) is 2.41. The van der Waals surface area contributed by atoms with Gasteiger partial charge in [-0.25, -0.2) is 8.78 Å². The van der Waals surface area contributed by atoms with Crippen LogP contribution in [0.1, 0.15) is 12.8 Å². The van der Waals surface area contributed by atoms with Gasteiger partial charge in [0.15, 0.2) is 11.7 Å². The Bertz CT molecular complexity index is 276. The number of hydrogen-bond acceptors (Lipinski definition) is 3. The fourth-order valence-electron chi connectivity index (χ4n) is 1.54. The van der Waals surface area contributed by atoms with Crippen molar-refractivity contribution in [2.24, 2.45) is 0 Å². The summed E-state index contributed by atoms with van der Waals surface area (Å²) in [7, 11) is 0. The largest absolute Gasteiger partial charge is 0.344 e. The van der Waals surface area contributed by atoms with E-state index in [1.54, 1.807) is 0 Å². The van der Waals surface area contributed by atoms with Crippen LogP contribution < -0.4 is 0 Å². The summed E-state index contributed by atoms with van der Waals surface area (Å²) in [5.41, 5.74) is 0. The molecule has 2 fully saturated rings. The molecule has 2 heterocycles. The quantitative estimate of drug-likeness (QED) is 0.724. The van der Waals surface area contributed by atoms with Gasteiger partial charge in [-0.05, 0) is 0 Å². The number of rotatable bonds is 4. The van der Waals surface area contributed by atoms with Gasteiger partial charge in [-0.2, -0.15) is 0 Å². The molecule has 0 aliphatic carbocycles. The van der Waals surface area contributed by atoms with Crippen LogP contribution in [0.2, 0.25) is 0 Å². The molecule has 0 spiro atoms. The zero-order valence-corrected chi connectivity index (χ0v) is 8.22. The third-order valence-electron chi connectivity index (χ3n) is 2.69. The number of hydrogen-bond donors (Lipinski definition) is 0.